The third-order valence-electron chi connectivity index (χ3n) is 3.97. The van der Waals surface area contributed by atoms with Crippen molar-refractivity contribution in [2.24, 2.45) is 0 Å². The molecule has 0 unspecified atom stereocenters. The molecule has 0 spiro atoms. The van der Waals surface area contributed by atoms with Gasteiger partial charge >= 0.3 is 6.36 Å². The number of hydrogen-bond acceptors (Lipinski definition) is 3. The maximum Gasteiger partial charge on any atom is 0.573 e. The van der Waals surface area contributed by atoms with E-state index in [-0.39, 0.29) is 17.7 Å². The molecule has 0 radical (unpaired) electrons. The fraction of sp³-hybridized carbons (Fsp3) is 0.250. The number of ether oxygens (including phenoxy) is 1. The smallest absolute Gasteiger partial charge is 0.406 e. The van der Waals surface area contributed by atoms with Crippen LogP contribution in [0.1, 0.15) is 24.0 Å². The highest BCUT2D eigenvalue weighted by atomic mass is 19.4. The van der Waals surface area contributed by atoms with Gasteiger partial charge in [-0.1, -0.05) is 11.8 Å². The van der Waals surface area contributed by atoms with E-state index < -0.39 is 6.36 Å². The van der Waals surface area contributed by atoms with Crippen molar-refractivity contribution in [1.82, 2.24) is 5.32 Å². The van der Waals surface area contributed by atoms with E-state index in [1.165, 1.54) is 24.3 Å². The van der Waals surface area contributed by atoms with Gasteiger partial charge < -0.3 is 15.4 Å². The maximum atomic E-state index is 12.1. The fourth-order valence-electron chi connectivity index (χ4n) is 2.66. The standard InChI is InChI=1S/C20H17F3N2O2/c21-20(22,23)27-17-11-7-15(8-12-17)4-3-14-5-9-16(10-6-14)25-19(26)18-2-1-13-24-18/h5-12,18,24H,1-2,13H2,(H,25,26)/t18-/m1/s1. The van der Waals surface area contributed by atoms with Gasteiger partial charge in [-0.15, -0.1) is 13.2 Å². The van der Waals surface area contributed by atoms with Crippen molar-refractivity contribution in [2.45, 2.75) is 25.2 Å². The fourth-order valence-corrected chi connectivity index (χ4v) is 2.66. The van der Waals surface area contributed by atoms with Crippen LogP contribution in [0.5, 0.6) is 5.75 Å². The largest absolute Gasteiger partial charge is 0.573 e. The Labute approximate surface area is 154 Å². The van der Waals surface area contributed by atoms with Crippen molar-refractivity contribution in [3.63, 3.8) is 0 Å². The van der Waals surface area contributed by atoms with Crippen molar-refractivity contribution in [1.29, 1.82) is 0 Å². The van der Waals surface area contributed by atoms with Crippen LogP contribution < -0.4 is 15.4 Å². The van der Waals surface area contributed by atoms with E-state index in [9.17, 15) is 18.0 Å². The van der Waals surface area contributed by atoms with Gasteiger partial charge in [0.2, 0.25) is 5.91 Å². The number of hydrogen-bond donors (Lipinski definition) is 2. The molecule has 0 saturated carbocycles. The highest BCUT2D eigenvalue weighted by Gasteiger charge is 2.30. The van der Waals surface area contributed by atoms with Crippen molar-refractivity contribution in [3.05, 3.63) is 59.7 Å². The quantitative estimate of drug-likeness (QED) is 0.806. The summed E-state index contributed by atoms with van der Waals surface area (Å²) >= 11 is 0. The van der Waals surface area contributed by atoms with Gasteiger partial charge in [0.15, 0.2) is 0 Å². The molecular formula is C20H17F3N2O2. The van der Waals surface area contributed by atoms with Crippen molar-refractivity contribution < 1.29 is 22.7 Å². The molecule has 1 fully saturated rings. The monoisotopic (exact) mass is 374 g/mol. The number of halogens is 3. The molecule has 1 heterocycles. The average Bonchev–Trinajstić information content (AvgIpc) is 3.16. The lowest BCUT2D eigenvalue weighted by molar-refractivity contribution is -0.274. The summed E-state index contributed by atoms with van der Waals surface area (Å²) in [6.07, 6.45) is -2.88. The minimum absolute atomic E-state index is 0.0486. The summed E-state index contributed by atoms with van der Waals surface area (Å²) in [7, 11) is 0. The van der Waals surface area contributed by atoms with E-state index in [4.69, 9.17) is 0 Å². The molecule has 1 saturated heterocycles. The van der Waals surface area contributed by atoms with Crippen LogP contribution in [0.15, 0.2) is 48.5 Å². The third-order valence-corrected chi connectivity index (χ3v) is 3.97. The molecule has 1 amide bonds. The van der Waals surface area contributed by atoms with Gasteiger partial charge in [-0.2, -0.15) is 0 Å². The normalized spacial score (nSPS) is 16.3. The van der Waals surface area contributed by atoms with Gasteiger partial charge in [0.05, 0.1) is 6.04 Å². The SMILES string of the molecule is O=C(Nc1ccc(C#Cc2ccc(OC(F)(F)F)cc2)cc1)[C@H]1CCCN1. The maximum absolute atomic E-state index is 12.1. The molecule has 7 heteroatoms. The molecule has 1 atom stereocenters. The molecule has 27 heavy (non-hydrogen) atoms. The Kier molecular flexibility index (Phi) is 5.67. The van der Waals surface area contributed by atoms with E-state index in [1.807, 2.05) is 0 Å². The molecule has 1 aliphatic rings. The minimum Gasteiger partial charge on any atom is -0.406 e. The second-order valence-electron chi connectivity index (χ2n) is 6.04. The van der Waals surface area contributed by atoms with Crippen molar-refractivity contribution in [2.75, 3.05) is 11.9 Å². The summed E-state index contributed by atoms with van der Waals surface area (Å²) in [4.78, 5) is 12.0. The number of benzene rings is 2. The first-order valence-corrected chi connectivity index (χ1v) is 8.41. The predicted octanol–water partition coefficient (Wildman–Crippen LogP) is 3.68. The van der Waals surface area contributed by atoms with Crippen LogP contribution in [0.4, 0.5) is 18.9 Å². The van der Waals surface area contributed by atoms with Crippen LogP contribution in [0.25, 0.3) is 0 Å². The number of amides is 1. The van der Waals surface area contributed by atoms with Gasteiger partial charge in [0.1, 0.15) is 5.75 Å². The summed E-state index contributed by atoms with van der Waals surface area (Å²) in [5.74, 6) is 5.46. The van der Waals surface area contributed by atoms with Crippen molar-refractivity contribution >= 4 is 11.6 Å². The lowest BCUT2D eigenvalue weighted by atomic mass is 10.1. The minimum atomic E-state index is -4.71. The highest BCUT2D eigenvalue weighted by molar-refractivity contribution is 5.95. The molecule has 2 aromatic carbocycles. The van der Waals surface area contributed by atoms with Gasteiger partial charge in [-0.05, 0) is 67.9 Å². The molecule has 2 N–H and O–H groups in total. The Morgan fingerprint density at radius 2 is 1.63 bits per heavy atom. The van der Waals surface area contributed by atoms with E-state index >= 15 is 0 Å². The van der Waals surface area contributed by atoms with Crippen molar-refractivity contribution in [3.8, 4) is 17.6 Å². The Bertz CT molecular complexity index is 844. The number of alkyl halides is 3. The summed E-state index contributed by atoms with van der Waals surface area (Å²) in [6, 6.07) is 12.3. The summed E-state index contributed by atoms with van der Waals surface area (Å²) < 4.78 is 40.2. The molecule has 1 aliphatic heterocycles. The van der Waals surface area contributed by atoms with Crippen LogP contribution >= 0.6 is 0 Å². The Hall–Kier alpha value is -2.98. The topological polar surface area (TPSA) is 50.4 Å². The number of carbonyl (C=O) groups excluding carboxylic acids is 1. The van der Waals surface area contributed by atoms with Crippen LogP contribution in [0.2, 0.25) is 0 Å². The molecule has 0 aliphatic carbocycles. The van der Waals surface area contributed by atoms with Gasteiger partial charge in [-0.25, -0.2) is 0 Å². The first-order chi connectivity index (χ1) is 12.9. The first kappa shape index (κ1) is 18.8. The number of rotatable bonds is 3. The van der Waals surface area contributed by atoms with Crippen LogP contribution in [-0.4, -0.2) is 24.9 Å². The first-order valence-electron chi connectivity index (χ1n) is 8.41. The second kappa shape index (κ2) is 8.14. The van der Waals surface area contributed by atoms with Crippen LogP contribution in [0.3, 0.4) is 0 Å². The molecule has 2 aromatic rings. The van der Waals surface area contributed by atoms with Gasteiger partial charge in [0, 0.05) is 16.8 Å². The van der Waals surface area contributed by atoms with E-state index in [1.54, 1.807) is 24.3 Å². The summed E-state index contributed by atoms with van der Waals surface area (Å²) in [6.45, 7) is 0.857. The van der Waals surface area contributed by atoms with Crippen LogP contribution in [0, 0.1) is 11.8 Å². The van der Waals surface area contributed by atoms with Crippen LogP contribution in [-0.2, 0) is 4.79 Å². The van der Waals surface area contributed by atoms with E-state index in [0.29, 0.717) is 11.3 Å². The zero-order valence-corrected chi connectivity index (χ0v) is 14.3. The predicted molar refractivity (Wildman–Crippen MR) is 95.2 cm³/mol. The number of nitrogens with one attached hydrogen (secondary N) is 2. The Morgan fingerprint density at radius 1 is 1.04 bits per heavy atom. The molecule has 140 valence electrons. The lowest BCUT2D eigenvalue weighted by Gasteiger charge is -2.10. The summed E-state index contributed by atoms with van der Waals surface area (Å²) in [5, 5.41) is 5.99. The Balaban J connectivity index is 1.59. The van der Waals surface area contributed by atoms with E-state index in [2.05, 4.69) is 27.2 Å². The molecule has 3 rings (SSSR count). The molecular weight excluding hydrogens is 357 g/mol. The highest BCUT2D eigenvalue weighted by Crippen LogP contribution is 2.22. The molecule has 0 bridgehead atoms. The second-order valence-corrected chi connectivity index (χ2v) is 6.04. The Morgan fingerprint density at radius 3 is 2.15 bits per heavy atom. The zero-order valence-electron chi connectivity index (χ0n) is 14.3. The number of carbonyl (C=O) groups is 1. The molecule has 4 nitrogen and oxygen atoms in total. The molecule has 0 aromatic heterocycles. The van der Waals surface area contributed by atoms with Gasteiger partial charge in [0.25, 0.3) is 0 Å². The zero-order chi connectivity index (χ0) is 19.3. The van der Waals surface area contributed by atoms with Gasteiger partial charge in [-0.3, -0.25) is 4.79 Å². The summed E-state index contributed by atoms with van der Waals surface area (Å²) in [5.41, 5.74) is 1.98. The average molecular weight is 374 g/mol. The number of anilines is 1. The van der Waals surface area contributed by atoms with E-state index in [0.717, 1.165) is 24.9 Å². The lowest BCUT2D eigenvalue weighted by Crippen LogP contribution is -2.35. The third kappa shape index (κ3) is 5.76.